The topological polar surface area (TPSA) is 86.8 Å². The van der Waals surface area contributed by atoms with Gasteiger partial charge < -0.3 is 15.3 Å². The van der Waals surface area contributed by atoms with Gasteiger partial charge in [0.25, 0.3) is 0 Å². The molecule has 0 unspecified atom stereocenters. The minimum Gasteiger partial charge on any atom is -0.461 e. The number of hydrogen-bond acceptors (Lipinski definition) is 7. The number of nitrogen functional groups attached to an aromatic ring is 1. The Morgan fingerprint density at radius 2 is 2.14 bits per heavy atom. The Kier molecular flexibility index (Phi) is 5.48. The van der Waals surface area contributed by atoms with E-state index in [1.54, 1.807) is 12.3 Å². The van der Waals surface area contributed by atoms with E-state index in [-0.39, 0.29) is 18.4 Å². The van der Waals surface area contributed by atoms with Gasteiger partial charge in [-0.15, -0.1) is 11.3 Å². The summed E-state index contributed by atoms with van der Waals surface area (Å²) in [6, 6.07) is 9.58. The van der Waals surface area contributed by atoms with E-state index < -0.39 is 5.97 Å². The van der Waals surface area contributed by atoms with E-state index in [0.717, 1.165) is 5.56 Å². The molecule has 0 aliphatic carbocycles. The Bertz CT molecular complexity index is 655. The second kappa shape index (κ2) is 7.56. The van der Waals surface area contributed by atoms with E-state index in [2.05, 4.69) is 10.1 Å². The van der Waals surface area contributed by atoms with Gasteiger partial charge in [0.2, 0.25) is 5.71 Å². The van der Waals surface area contributed by atoms with Crippen LogP contribution in [-0.2, 0) is 14.4 Å². The van der Waals surface area contributed by atoms with E-state index >= 15 is 0 Å². The van der Waals surface area contributed by atoms with Gasteiger partial charge in [0, 0.05) is 5.38 Å². The van der Waals surface area contributed by atoms with Crippen molar-refractivity contribution in [3.05, 3.63) is 47.0 Å². The van der Waals surface area contributed by atoms with Crippen molar-refractivity contribution >= 4 is 28.1 Å². The molecule has 1 aromatic carbocycles. The molecule has 0 aliphatic heterocycles. The lowest BCUT2D eigenvalue weighted by molar-refractivity contribution is -0.135. The Morgan fingerprint density at radius 3 is 2.73 bits per heavy atom. The fraction of sp³-hybridized carbons (Fsp3) is 0.267. The van der Waals surface area contributed by atoms with Gasteiger partial charge in [-0.2, -0.15) is 0 Å². The summed E-state index contributed by atoms with van der Waals surface area (Å²) in [6.07, 6.45) is -0.304. The summed E-state index contributed by atoms with van der Waals surface area (Å²) in [5.74, 6) is -0.590. The molecule has 6 nitrogen and oxygen atoms in total. The molecule has 2 rings (SSSR count). The highest BCUT2D eigenvalue weighted by Crippen LogP contribution is 2.18. The molecule has 0 saturated carbocycles. The maximum atomic E-state index is 12.0. The van der Waals surface area contributed by atoms with Gasteiger partial charge >= 0.3 is 5.97 Å². The van der Waals surface area contributed by atoms with E-state index in [9.17, 15) is 4.79 Å². The standard InChI is InChI=1S/C15H17N3O3S/c1-3-20-14(19)13(12-9-22-15(16)17-12)18-21-10(2)11-7-5-4-6-8-11/h4-10H,3H2,1-2H3,(H2,16,17)/t10-/m1/s1. The third kappa shape index (κ3) is 4.05. The van der Waals surface area contributed by atoms with Crippen LogP contribution in [0.3, 0.4) is 0 Å². The normalized spacial score (nSPS) is 12.7. The summed E-state index contributed by atoms with van der Waals surface area (Å²) in [5.41, 5.74) is 6.91. The fourth-order valence-corrected chi connectivity index (χ4v) is 2.25. The lowest BCUT2D eigenvalue weighted by Crippen LogP contribution is -2.20. The van der Waals surface area contributed by atoms with Crippen LogP contribution in [0.1, 0.15) is 31.2 Å². The van der Waals surface area contributed by atoms with E-state index in [1.807, 2.05) is 37.3 Å². The number of esters is 1. The van der Waals surface area contributed by atoms with Crippen LogP contribution in [-0.4, -0.2) is 23.3 Å². The predicted octanol–water partition coefficient (Wildman–Crippen LogP) is 2.77. The van der Waals surface area contributed by atoms with Crippen molar-refractivity contribution in [1.29, 1.82) is 0 Å². The maximum absolute atomic E-state index is 12.0. The number of rotatable bonds is 6. The average molecular weight is 319 g/mol. The Labute approximate surface area is 132 Å². The number of carbonyl (C=O) groups is 1. The average Bonchev–Trinajstić information content (AvgIpc) is 2.95. The van der Waals surface area contributed by atoms with Crippen LogP contribution in [0.25, 0.3) is 0 Å². The summed E-state index contributed by atoms with van der Waals surface area (Å²) in [5, 5.41) is 5.92. The zero-order chi connectivity index (χ0) is 15.9. The van der Waals surface area contributed by atoms with E-state index in [4.69, 9.17) is 15.3 Å². The number of oxime groups is 1. The molecule has 0 amide bonds. The summed E-state index contributed by atoms with van der Waals surface area (Å²) in [6.45, 7) is 3.81. The Morgan fingerprint density at radius 1 is 1.41 bits per heavy atom. The van der Waals surface area contributed by atoms with Crippen LogP contribution in [0.2, 0.25) is 0 Å². The van der Waals surface area contributed by atoms with Gasteiger partial charge in [0.1, 0.15) is 11.8 Å². The summed E-state index contributed by atoms with van der Waals surface area (Å²) in [7, 11) is 0. The molecule has 0 fully saturated rings. The van der Waals surface area contributed by atoms with Crippen molar-refractivity contribution in [2.45, 2.75) is 20.0 Å². The van der Waals surface area contributed by atoms with Crippen molar-refractivity contribution in [3.63, 3.8) is 0 Å². The molecule has 22 heavy (non-hydrogen) atoms. The molecule has 0 saturated heterocycles. The highest BCUT2D eigenvalue weighted by atomic mass is 32.1. The second-order valence-electron chi connectivity index (χ2n) is 4.39. The number of nitrogens with zero attached hydrogens (tertiary/aromatic N) is 2. The highest BCUT2D eigenvalue weighted by Gasteiger charge is 2.20. The number of aromatic nitrogens is 1. The molecular weight excluding hydrogens is 302 g/mol. The smallest absolute Gasteiger partial charge is 0.362 e. The molecule has 0 spiro atoms. The molecule has 0 bridgehead atoms. The quantitative estimate of drug-likeness (QED) is 0.502. The molecule has 0 radical (unpaired) electrons. The number of benzene rings is 1. The molecule has 1 aromatic heterocycles. The first-order chi connectivity index (χ1) is 10.6. The van der Waals surface area contributed by atoms with Crippen molar-refractivity contribution in [2.75, 3.05) is 12.3 Å². The van der Waals surface area contributed by atoms with Gasteiger partial charge in [0.15, 0.2) is 5.13 Å². The number of ether oxygens (including phenoxy) is 1. The highest BCUT2D eigenvalue weighted by molar-refractivity contribution is 7.13. The van der Waals surface area contributed by atoms with Gasteiger partial charge in [-0.25, -0.2) is 9.78 Å². The molecule has 0 aliphatic rings. The molecular formula is C15H17N3O3S. The van der Waals surface area contributed by atoms with Crippen LogP contribution in [0.5, 0.6) is 0 Å². The van der Waals surface area contributed by atoms with Crippen molar-refractivity contribution in [3.8, 4) is 0 Å². The number of carbonyl (C=O) groups excluding carboxylic acids is 1. The van der Waals surface area contributed by atoms with Gasteiger partial charge in [0.05, 0.1) is 6.61 Å². The number of anilines is 1. The molecule has 1 atom stereocenters. The van der Waals surface area contributed by atoms with E-state index in [0.29, 0.717) is 10.8 Å². The van der Waals surface area contributed by atoms with Crippen molar-refractivity contribution in [1.82, 2.24) is 4.98 Å². The monoisotopic (exact) mass is 319 g/mol. The van der Waals surface area contributed by atoms with Crippen LogP contribution >= 0.6 is 11.3 Å². The van der Waals surface area contributed by atoms with Gasteiger partial charge in [-0.05, 0) is 19.4 Å². The van der Waals surface area contributed by atoms with Crippen molar-refractivity contribution in [2.24, 2.45) is 5.16 Å². The van der Waals surface area contributed by atoms with Crippen molar-refractivity contribution < 1.29 is 14.4 Å². The van der Waals surface area contributed by atoms with Crippen LogP contribution in [0.15, 0.2) is 40.9 Å². The molecule has 1 heterocycles. The van der Waals surface area contributed by atoms with Gasteiger partial charge in [-0.3, -0.25) is 0 Å². The fourth-order valence-electron chi connectivity index (χ4n) is 1.70. The maximum Gasteiger partial charge on any atom is 0.362 e. The molecule has 2 aromatic rings. The number of hydrogen-bond donors (Lipinski definition) is 1. The molecule has 2 N–H and O–H groups in total. The SMILES string of the molecule is CCOC(=O)C(=NO[C@H](C)c1ccccc1)c1csc(N)n1. The van der Waals surface area contributed by atoms with Crippen LogP contribution < -0.4 is 5.73 Å². The van der Waals surface area contributed by atoms with Crippen LogP contribution in [0, 0.1) is 0 Å². The van der Waals surface area contributed by atoms with E-state index in [1.165, 1.54) is 11.3 Å². The summed E-state index contributed by atoms with van der Waals surface area (Å²) < 4.78 is 4.98. The zero-order valence-electron chi connectivity index (χ0n) is 12.4. The van der Waals surface area contributed by atoms with Crippen LogP contribution in [0.4, 0.5) is 5.13 Å². The molecule has 116 valence electrons. The number of nitrogens with two attached hydrogens (primary N) is 1. The first-order valence-electron chi connectivity index (χ1n) is 6.79. The lowest BCUT2D eigenvalue weighted by atomic mass is 10.1. The first-order valence-corrected chi connectivity index (χ1v) is 7.67. The second-order valence-corrected chi connectivity index (χ2v) is 5.28. The lowest BCUT2D eigenvalue weighted by Gasteiger charge is -2.11. The number of thiazole rings is 1. The third-order valence-electron chi connectivity index (χ3n) is 2.80. The largest absolute Gasteiger partial charge is 0.461 e. The Balaban J connectivity index is 2.19. The van der Waals surface area contributed by atoms with Gasteiger partial charge in [-0.1, -0.05) is 35.5 Å². The first kappa shape index (κ1) is 16.0. The third-order valence-corrected chi connectivity index (χ3v) is 3.48. The summed E-state index contributed by atoms with van der Waals surface area (Å²) >= 11 is 1.22. The Hall–Kier alpha value is -2.41. The summed E-state index contributed by atoms with van der Waals surface area (Å²) in [4.78, 5) is 21.5. The molecule has 7 heteroatoms. The minimum atomic E-state index is -0.590. The predicted molar refractivity (Wildman–Crippen MR) is 85.6 cm³/mol. The minimum absolute atomic E-state index is 0.0116. The zero-order valence-corrected chi connectivity index (χ0v) is 13.2.